The van der Waals surface area contributed by atoms with Crippen molar-refractivity contribution >= 4 is 23.2 Å². The molecule has 0 saturated carbocycles. The summed E-state index contributed by atoms with van der Waals surface area (Å²) in [5.74, 6) is 0.700. The molecule has 3 rings (SSSR count). The molecule has 1 amide bonds. The lowest BCUT2D eigenvalue weighted by atomic mass is 9.86. The minimum atomic E-state index is -0.999. The number of rotatable bonds is 4. The molecule has 1 aliphatic rings. The summed E-state index contributed by atoms with van der Waals surface area (Å²) in [6.07, 6.45) is 0.490. The molecule has 0 saturated heterocycles. The SMILES string of the molecule is COc1ccc([C@@]2(Cc3cccs3)N=C(N)NC2=O)cc1. The fourth-order valence-corrected chi connectivity index (χ4v) is 3.23. The van der Waals surface area contributed by atoms with Gasteiger partial charge in [-0.05, 0) is 29.1 Å². The number of aliphatic imine (C=N–C) groups is 1. The number of nitrogens with one attached hydrogen (secondary N) is 1. The smallest absolute Gasteiger partial charge is 0.259 e. The van der Waals surface area contributed by atoms with Crippen molar-refractivity contribution in [2.24, 2.45) is 10.7 Å². The highest BCUT2D eigenvalue weighted by Crippen LogP contribution is 2.35. The fraction of sp³-hybridized carbons (Fsp3) is 0.200. The normalized spacial score (nSPS) is 21.0. The fourth-order valence-electron chi connectivity index (χ4n) is 2.45. The molecular weight excluding hydrogens is 286 g/mol. The topological polar surface area (TPSA) is 76.7 Å². The maximum absolute atomic E-state index is 12.5. The van der Waals surface area contributed by atoms with Crippen LogP contribution in [0, 0.1) is 0 Å². The van der Waals surface area contributed by atoms with E-state index in [1.165, 1.54) is 0 Å². The molecule has 1 aromatic heterocycles. The van der Waals surface area contributed by atoms with Crippen molar-refractivity contribution in [1.82, 2.24) is 5.32 Å². The summed E-state index contributed by atoms with van der Waals surface area (Å²) in [6.45, 7) is 0. The van der Waals surface area contributed by atoms with Crippen molar-refractivity contribution in [3.05, 3.63) is 52.2 Å². The first-order chi connectivity index (χ1) is 10.1. The third-order valence-electron chi connectivity index (χ3n) is 3.51. The molecule has 2 heterocycles. The number of thiophene rings is 1. The van der Waals surface area contributed by atoms with E-state index in [2.05, 4.69) is 10.3 Å². The Bertz CT molecular complexity index is 679. The Kier molecular flexibility index (Phi) is 3.39. The number of benzene rings is 1. The number of amides is 1. The van der Waals surface area contributed by atoms with Crippen molar-refractivity contribution < 1.29 is 9.53 Å². The van der Waals surface area contributed by atoms with Gasteiger partial charge in [0.15, 0.2) is 11.5 Å². The van der Waals surface area contributed by atoms with E-state index >= 15 is 0 Å². The van der Waals surface area contributed by atoms with Gasteiger partial charge in [0.25, 0.3) is 5.91 Å². The first-order valence-electron chi connectivity index (χ1n) is 6.48. The van der Waals surface area contributed by atoms with Crippen LogP contribution in [0.2, 0.25) is 0 Å². The zero-order valence-electron chi connectivity index (χ0n) is 11.5. The van der Waals surface area contributed by atoms with E-state index in [1.807, 2.05) is 41.8 Å². The Labute approximate surface area is 126 Å². The number of nitrogens with zero attached hydrogens (tertiary/aromatic N) is 1. The number of carbonyl (C=O) groups excluding carboxylic acids is 1. The molecule has 6 heteroatoms. The Balaban J connectivity index is 2.05. The van der Waals surface area contributed by atoms with E-state index in [4.69, 9.17) is 10.5 Å². The number of hydrogen-bond acceptors (Lipinski definition) is 5. The number of hydrogen-bond donors (Lipinski definition) is 2. The van der Waals surface area contributed by atoms with Crippen LogP contribution in [0.5, 0.6) is 5.75 Å². The number of nitrogens with two attached hydrogens (primary N) is 1. The second-order valence-electron chi connectivity index (χ2n) is 4.80. The summed E-state index contributed by atoms with van der Waals surface area (Å²) in [4.78, 5) is 17.9. The van der Waals surface area contributed by atoms with Crippen LogP contribution in [0.3, 0.4) is 0 Å². The first-order valence-corrected chi connectivity index (χ1v) is 7.36. The van der Waals surface area contributed by atoms with E-state index in [9.17, 15) is 4.79 Å². The minimum absolute atomic E-state index is 0.160. The van der Waals surface area contributed by atoms with Crippen LogP contribution in [0.25, 0.3) is 0 Å². The van der Waals surface area contributed by atoms with Crippen molar-refractivity contribution in [1.29, 1.82) is 0 Å². The van der Waals surface area contributed by atoms with E-state index in [0.29, 0.717) is 6.42 Å². The van der Waals surface area contributed by atoms with Gasteiger partial charge in [0.1, 0.15) is 5.75 Å². The van der Waals surface area contributed by atoms with Gasteiger partial charge in [-0.2, -0.15) is 0 Å². The van der Waals surface area contributed by atoms with Crippen LogP contribution in [0.1, 0.15) is 10.4 Å². The Morgan fingerprint density at radius 3 is 2.62 bits per heavy atom. The largest absolute Gasteiger partial charge is 0.497 e. The average molecular weight is 301 g/mol. The van der Waals surface area contributed by atoms with E-state index in [1.54, 1.807) is 18.4 Å². The lowest BCUT2D eigenvalue weighted by molar-refractivity contribution is -0.124. The van der Waals surface area contributed by atoms with Gasteiger partial charge in [-0.1, -0.05) is 18.2 Å². The Hall–Kier alpha value is -2.34. The highest BCUT2D eigenvalue weighted by Gasteiger charge is 2.45. The van der Waals surface area contributed by atoms with Gasteiger partial charge in [0.05, 0.1) is 7.11 Å². The zero-order valence-corrected chi connectivity index (χ0v) is 12.3. The van der Waals surface area contributed by atoms with Crippen LogP contribution < -0.4 is 15.8 Å². The van der Waals surface area contributed by atoms with Gasteiger partial charge in [-0.3, -0.25) is 10.1 Å². The molecule has 1 atom stereocenters. The van der Waals surface area contributed by atoms with Gasteiger partial charge in [-0.15, -0.1) is 11.3 Å². The molecule has 1 aliphatic heterocycles. The summed E-state index contributed by atoms with van der Waals surface area (Å²) in [5, 5.41) is 4.59. The molecule has 1 aromatic carbocycles. The minimum Gasteiger partial charge on any atom is -0.497 e. The van der Waals surface area contributed by atoms with Crippen molar-refractivity contribution in [2.45, 2.75) is 12.0 Å². The van der Waals surface area contributed by atoms with Gasteiger partial charge < -0.3 is 10.5 Å². The van der Waals surface area contributed by atoms with Crippen LogP contribution >= 0.6 is 11.3 Å². The number of carbonyl (C=O) groups is 1. The summed E-state index contributed by atoms with van der Waals surface area (Å²) < 4.78 is 5.16. The highest BCUT2D eigenvalue weighted by molar-refractivity contribution is 7.09. The molecule has 3 N–H and O–H groups in total. The highest BCUT2D eigenvalue weighted by atomic mass is 32.1. The number of ether oxygens (including phenoxy) is 1. The maximum atomic E-state index is 12.5. The maximum Gasteiger partial charge on any atom is 0.259 e. The quantitative estimate of drug-likeness (QED) is 0.901. The van der Waals surface area contributed by atoms with E-state index in [-0.39, 0.29) is 11.9 Å². The van der Waals surface area contributed by atoms with Gasteiger partial charge >= 0.3 is 0 Å². The number of methoxy groups -OCH3 is 1. The van der Waals surface area contributed by atoms with Crippen LogP contribution in [0.4, 0.5) is 0 Å². The summed E-state index contributed by atoms with van der Waals surface area (Å²) in [7, 11) is 1.61. The van der Waals surface area contributed by atoms with Crippen LogP contribution in [-0.2, 0) is 16.8 Å². The third-order valence-corrected chi connectivity index (χ3v) is 4.38. The average Bonchev–Trinajstić information content (AvgIpc) is 3.08. The van der Waals surface area contributed by atoms with Crippen molar-refractivity contribution in [2.75, 3.05) is 7.11 Å². The Morgan fingerprint density at radius 1 is 1.33 bits per heavy atom. The van der Waals surface area contributed by atoms with Crippen LogP contribution in [-0.4, -0.2) is 19.0 Å². The predicted molar refractivity (Wildman–Crippen MR) is 82.5 cm³/mol. The summed E-state index contributed by atoms with van der Waals surface area (Å²) in [5.41, 5.74) is 5.52. The second kappa shape index (κ2) is 5.21. The van der Waals surface area contributed by atoms with E-state index in [0.717, 1.165) is 16.2 Å². The monoisotopic (exact) mass is 301 g/mol. The first kappa shape index (κ1) is 13.6. The summed E-state index contributed by atoms with van der Waals surface area (Å²) in [6, 6.07) is 11.3. The molecule has 0 fully saturated rings. The number of guanidine groups is 1. The molecule has 0 aliphatic carbocycles. The molecule has 108 valence electrons. The molecule has 5 nitrogen and oxygen atoms in total. The van der Waals surface area contributed by atoms with E-state index < -0.39 is 5.54 Å². The molecule has 21 heavy (non-hydrogen) atoms. The predicted octanol–water partition coefficient (Wildman–Crippen LogP) is 1.64. The molecule has 2 aromatic rings. The van der Waals surface area contributed by atoms with Crippen molar-refractivity contribution in [3.63, 3.8) is 0 Å². The van der Waals surface area contributed by atoms with Gasteiger partial charge in [0, 0.05) is 11.3 Å². The second-order valence-corrected chi connectivity index (χ2v) is 5.83. The zero-order chi connectivity index (χ0) is 14.9. The molecule has 0 bridgehead atoms. The Morgan fingerprint density at radius 2 is 2.10 bits per heavy atom. The standard InChI is InChI=1S/C15H15N3O2S/c1-20-11-6-4-10(5-7-11)15(9-12-3-2-8-21-12)13(19)17-14(16)18-15/h2-8H,9H2,1H3,(H3,16,17,18,19)/t15-/m1/s1. The van der Waals surface area contributed by atoms with Crippen LogP contribution in [0.15, 0.2) is 46.8 Å². The molecule has 0 radical (unpaired) electrons. The van der Waals surface area contributed by atoms with Gasteiger partial charge in [-0.25, -0.2) is 4.99 Å². The molecule has 0 spiro atoms. The van der Waals surface area contributed by atoms with Crippen molar-refractivity contribution in [3.8, 4) is 5.75 Å². The lowest BCUT2D eigenvalue weighted by Gasteiger charge is -2.23. The third kappa shape index (κ3) is 2.38. The summed E-state index contributed by atoms with van der Waals surface area (Å²) >= 11 is 1.60. The molecule has 0 unspecified atom stereocenters. The lowest BCUT2D eigenvalue weighted by Crippen LogP contribution is -2.40. The van der Waals surface area contributed by atoms with Gasteiger partial charge in [0.2, 0.25) is 0 Å². The molecular formula is C15H15N3O2S.